The lowest BCUT2D eigenvalue weighted by Gasteiger charge is -2.15. The van der Waals surface area contributed by atoms with E-state index in [2.05, 4.69) is 5.32 Å². The van der Waals surface area contributed by atoms with Crippen LogP contribution in [0.2, 0.25) is 0 Å². The van der Waals surface area contributed by atoms with Crippen LogP contribution in [0, 0.1) is 5.92 Å². The predicted octanol–water partition coefficient (Wildman–Crippen LogP) is 0.470. The first-order valence-electron chi connectivity index (χ1n) is 5.13. The van der Waals surface area contributed by atoms with Gasteiger partial charge in [0, 0.05) is 12.8 Å². The minimum Gasteiger partial charge on any atom is -0.341 e. The highest BCUT2D eigenvalue weighted by atomic mass is 16.1. The number of nitrogens with two attached hydrogens (primary N) is 1. The van der Waals surface area contributed by atoms with E-state index in [-0.39, 0.29) is 0 Å². The number of hydrogen-bond acceptors (Lipinski definition) is 1. The smallest absolute Gasteiger partial charge is 0.138 e. The van der Waals surface area contributed by atoms with Gasteiger partial charge in [-0.1, -0.05) is 0 Å². The summed E-state index contributed by atoms with van der Waals surface area (Å²) in [5, 5.41) is 2.46. The van der Waals surface area contributed by atoms with Gasteiger partial charge < -0.3 is 5.32 Å². The first-order chi connectivity index (χ1) is 5.77. The molecule has 2 heteroatoms. The van der Waals surface area contributed by atoms with Gasteiger partial charge in [0.25, 0.3) is 0 Å². The average Bonchev–Trinajstić information content (AvgIpc) is 2.30. The average molecular weight is 168 g/mol. The van der Waals surface area contributed by atoms with Crippen LogP contribution in [-0.2, 0) is 4.79 Å². The van der Waals surface area contributed by atoms with Gasteiger partial charge in [-0.05, 0) is 26.2 Å². The quantitative estimate of drug-likeness (QED) is 0.606. The van der Waals surface area contributed by atoms with Gasteiger partial charge in [-0.15, -0.1) is 0 Å². The number of fused-ring (bicyclic) bond motifs is 2. The van der Waals surface area contributed by atoms with E-state index >= 15 is 0 Å². The molecule has 68 valence electrons. The maximum absolute atomic E-state index is 11.3. The highest BCUT2D eigenvalue weighted by Crippen LogP contribution is 2.25. The Hall–Kier alpha value is -0.370. The van der Waals surface area contributed by atoms with Gasteiger partial charge in [0.2, 0.25) is 0 Å². The Bertz CT molecular complexity index is 190. The zero-order valence-electron chi connectivity index (χ0n) is 7.75. The summed E-state index contributed by atoms with van der Waals surface area (Å²) in [6, 6.07) is 1.48. The summed E-state index contributed by atoms with van der Waals surface area (Å²) in [4.78, 5) is 11.3. The van der Waals surface area contributed by atoms with Crippen molar-refractivity contribution in [1.82, 2.24) is 0 Å². The van der Waals surface area contributed by atoms with Crippen LogP contribution in [0.5, 0.6) is 0 Å². The van der Waals surface area contributed by atoms with E-state index in [0.717, 1.165) is 12.5 Å². The van der Waals surface area contributed by atoms with Crippen LogP contribution >= 0.6 is 0 Å². The van der Waals surface area contributed by atoms with Crippen molar-refractivity contribution in [3.63, 3.8) is 0 Å². The van der Waals surface area contributed by atoms with Gasteiger partial charge in [0.1, 0.15) is 5.78 Å². The molecule has 2 nitrogen and oxygen atoms in total. The minimum absolute atomic E-state index is 0.373. The molecule has 2 heterocycles. The normalized spacial score (nSPS) is 40.9. The summed E-state index contributed by atoms with van der Waals surface area (Å²) in [5.41, 5.74) is 0. The van der Waals surface area contributed by atoms with Crippen molar-refractivity contribution < 1.29 is 10.1 Å². The highest BCUT2D eigenvalue weighted by Gasteiger charge is 2.38. The van der Waals surface area contributed by atoms with E-state index in [1.807, 2.05) is 0 Å². The Morgan fingerprint density at radius 2 is 2.08 bits per heavy atom. The molecule has 0 saturated carbocycles. The van der Waals surface area contributed by atoms with Crippen LogP contribution in [-0.4, -0.2) is 17.9 Å². The van der Waals surface area contributed by atoms with E-state index in [4.69, 9.17) is 0 Å². The monoisotopic (exact) mass is 168 g/mol. The van der Waals surface area contributed by atoms with E-state index < -0.39 is 0 Å². The first kappa shape index (κ1) is 8.24. The summed E-state index contributed by atoms with van der Waals surface area (Å²) in [6.45, 7) is 1.76. The molecule has 3 unspecified atom stereocenters. The van der Waals surface area contributed by atoms with E-state index in [1.165, 1.54) is 25.7 Å². The van der Waals surface area contributed by atoms with Crippen LogP contribution in [0.4, 0.5) is 0 Å². The van der Waals surface area contributed by atoms with E-state index in [9.17, 15) is 4.79 Å². The van der Waals surface area contributed by atoms with Crippen molar-refractivity contribution in [3.8, 4) is 0 Å². The Labute approximate surface area is 73.7 Å². The number of Topliss-reactive ketones (excluding diaryl/α,β-unsaturated/α-hetero) is 1. The Morgan fingerprint density at radius 3 is 2.83 bits per heavy atom. The Balaban J connectivity index is 2.08. The number of rotatable bonds is 1. The standard InChI is InChI=1S/C10H17NO/c1-7(12)9-4-2-3-8-5-6-10(9)11-8/h8-11H,2-6H2,1H3/p+1. The number of carbonyl (C=O) groups is 1. The SMILES string of the molecule is CC(=O)C1CCCC2CCC1[NH2+]2. The molecule has 0 aromatic carbocycles. The summed E-state index contributed by atoms with van der Waals surface area (Å²) in [7, 11) is 0. The maximum Gasteiger partial charge on any atom is 0.138 e. The topological polar surface area (TPSA) is 33.7 Å². The van der Waals surface area contributed by atoms with Crippen LogP contribution in [0.1, 0.15) is 39.0 Å². The molecule has 0 aromatic rings. The fourth-order valence-corrected chi connectivity index (χ4v) is 2.84. The van der Waals surface area contributed by atoms with Gasteiger partial charge in [-0.2, -0.15) is 0 Å². The Kier molecular flexibility index (Phi) is 2.18. The molecule has 2 aliphatic heterocycles. The Morgan fingerprint density at radius 1 is 1.25 bits per heavy atom. The molecule has 2 N–H and O–H groups in total. The summed E-state index contributed by atoms with van der Waals surface area (Å²) in [6.07, 6.45) is 6.36. The largest absolute Gasteiger partial charge is 0.341 e. The molecule has 2 fully saturated rings. The summed E-state index contributed by atoms with van der Waals surface area (Å²) < 4.78 is 0. The van der Waals surface area contributed by atoms with Crippen molar-refractivity contribution >= 4 is 5.78 Å². The second-order valence-corrected chi connectivity index (χ2v) is 4.34. The van der Waals surface area contributed by atoms with Gasteiger partial charge >= 0.3 is 0 Å². The molecule has 2 bridgehead atoms. The second kappa shape index (κ2) is 3.17. The van der Waals surface area contributed by atoms with Crippen molar-refractivity contribution in [2.24, 2.45) is 5.92 Å². The zero-order valence-corrected chi connectivity index (χ0v) is 7.75. The summed E-state index contributed by atoms with van der Waals surface area (Å²) in [5.74, 6) is 0.788. The lowest BCUT2D eigenvalue weighted by atomic mass is 9.88. The third-order valence-electron chi connectivity index (χ3n) is 3.52. The number of hydrogen-bond donors (Lipinski definition) is 1. The van der Waals surface area contributed by atoms with Gasteiger partial charge in [-0.25, -0.2) is 0 Å². The molecular weight excluding hydrogens is 150 g/mol. The van der Waals surface area contributed by atoms with Crippen molar-refractivity contribution in [2.75, 3.05) is 0 Å². The maximum atomic E-state index is 11.3. The molecule has 12 heavy (non-hydrogen) atoms. The van der Waals surface area contributed by atoms with Crippen LogP contribution in [0.3, 0.4) is 0 Å². The number of quaternary nitrogens is 1. The van der Waals surface area contributed by atoms with Crippen LogP contribution in [0.25, 0.3) is 0 Å². The van der Waals surface area contributed by atoms with Gasteiger partial charge in [-0.3, -0.25) is 4.79 Å². The zero-order chi connectivity index (χ0) is 8.55. The van der Waals surface area contributed by atoms with Crippen molar-refractivity contribution in [2.45, 2.75) is 51.1 Å². The molecule has 0 aromatic heterocycles. The van der Waals surface area contributed by atoms with Crippen LogP contribution in [0.15, 0.2) is 0 Å². The van der Waals surface area contributed by atoms with E-state index in [0.29, 0.717) is 17.7 Å². The molecule has 0 amide bonds. The van der Waals surface area contributed by atoms with Gasteiger partial charge in [0.15, 0.2) is 0 Å². The molecule has 2 rings (SSSR count). The van der Waals surface area contributed by atoms with Crippen molar-refractivity contribution in [1.29, 1.82) is 0 Å². The predicted molar refractivity (Wildman–Crippen MR) is 46.8 cm³/mol. The third-order valence-corrected chi connectivity index (χ3v) is 3.52. The van der Waals surface area contributed by atoms with Crippen LogP contribution < -0.4 is 5.32 Å². The molecule has 0 spiro atoms. The molecule has 0 radical (unpaired) electrons. The van der Waals surface area contributed by atoms with E-state index in [1.54, 1.807) is 6.92 Å². The fourth-order valence-electron chi connectivity index (χ4n) is 2.84. The molecule has 3 atom stereocenters. The fraction of sp³-hybridized carbons (Fsp3) is 0.900. The van der Waals surface area contributed by atoms with Crippen molar-refractivity contribution in [3.05, 3.63) is 0 Å². The molecule has 0 aliphatic carbocycles. The third kappa shape index (κ3) is 1.40. The molecular formula is C10H18NO+. The molecule has 2 aliphatic rings. The first-order valence-corrected chi connectivity index (χ1v) is 5.13. The number of ketones is 1. The van der Waals surface area contributed by atoms with Gasteiger partial charge in [0.05, 0.1) is 18.0 Å². The lowest BCUT2D eigenvalue weighted by Crippen LogP contribution is -2.92. The minimum atomic E-state index is 0.373. The lowest BCUT2D eigenvalue weighted by molar-refractivity contribution is -0.703. The summed E-state index contributed by atoms with van der Waals surface area (Å²) >= 11 is 0. The highest BCUT2D eigenvalue weighted by molar-refractivity contribution is 5.78. The number of carbonyl (C=O) groups excluding carboxylic acids is 1. The second-order valence-electron chi connectivity index (χ2n) is 4.34. The molecule has 2 saturated heterocycles.